The first kappa shape index (κ1) is 21.0. The Labute approximate surface area is 182 Å². The average molecular weight is 419 g/mol. The molecular formula is C25H27FN4O. The van der Waals surface area contributed by atoms with Gasteiger partial charge >= 0.3 is 0 Å². The lowest BCUT2D eigenvalue weighted by atomic mass is 9.97. The topological polar surface area (TPSA) is 58.1 Å². The van der Waals surface area contributed by atoms with Crippen LogP contribution in [-0.2, 0) is 11.2 Å². The molecule has 1 saturated heterocycles. The highest BCUT2D eigenvalue weighted by molar-refractivity contribution is 5.79. The van der Waals surface area contributed by atoms with Crippen LogP contribution in [0.25, 0.3) is 11.1 Å². The van der Waals surface area contributed by atoms with Crippen LogP contribution in [0.3, 0.4) is 0 Å². The number of carbonyl (C=O) groups is 1. The predicted octanol–water partition coefficient (Wildman–Crippen LogP) is 4.25. The van der Waals surface area contributed by atoms with E-state index in [1.54, 1.807) is 24.5 Å². The van der Waals surface area contributed by atoms with Crippen molar-refractivity contribution >= 4 is 11.9 Å². The molecule has 1 fully saturated rings. The summed E-state index contributed by atoms with van der Waals surface area (Å²) >= 11 is 0. The molecule has 0 aliphatic carbocycles. The summed E-state index contributed by atoms with van der Waals surface area (Å²) in [4.78, 5) is 23.7. The highest BCUT2D eigenvalue weighted by atomic mass is 19.1. The van der Waals surface area contributed by atoms with Crippen LogP contribution in [0.5, 0.6) is 0 Å². The smallest absolute Gasteiger partial charge is 0.225 e. The number of benzene rings is 2. The number of aromatic nitrogens is 2. The molecule has 2 aromatic carbocycles. The second-order valence-corrected chi connectivity index (χ2v) is 7.94. The van der Waals surface area contributed by atoms with E-state index in [9.17, 15) is 9.18 Å². The Balaban J connectivity index is 1.28. The molecule has 4 rings (SSSR count). The lowest BCUT2D eigenvalue weighted by molar-refractivity contribution is -0.125. The number of carbonyl (C=O) groups excluding carboxylic acids is 1. The van der Waals surface area contributed by atoms with Crippen LogP contribution >= 0.6 is 0 Å². The molecule has 0 radical (unpaired) electrons. The van der Waals surface area contributed by atoms with E-state index in [4.69, 9.17) is 0 Å². The Kier molecular flexibility index (Phi) is 6.87. The quantitative estimate of drug-likeness (QED) is 0.583. The minimum atomic E-state index is -0.265. The van der Waals surface area contributed by atoms with Crippen molar-refractivity contribution in [2.75, 3.05) is 24.5 Å². The minimum absolute atomic E-state index is 0.0501. The summed E-state index contributed by atoms with van der Waals surface area (Å²) < 4.78 is 13.1. The zero-order valence-electron chi connectivity index (χ0n) is 17.5. The van der Waals surface area contributed by atoms with Gasteiger partial charge < -0.3 is 10.2 Å². The zero-order valence-corrected chi connectivity index (χ0v) is 17.5. The second-order valence-electron chi connectivity index (χ2n) is 7.94. The molecule has 160 valence electrons. The lowest BCUT2D eigenvalue weighted by Gasteiger charge is -2.32. The van der Waals surface area contributed by atoms with Gasteiger partial charge in [-0.2, -0.15) is 0 Å². The summed E-state index contributed by atoms with van der Waals surface area (Å²) in [5, 5.41) is 3.09. The molecule has 5 nitrogen and oxygen atoms in total. The number of halogens is 1. The van der Waals surface area contributed by atoms with E-state index in [-0.39, 0.29) is 17.6 Å². The Morgan fingerprint density at radius 3 is 2.52 bits per heavy atom. The van der Waals surface area contributed by atoms with Crippen LogP contribution in [0.4, 0.5) is 10.3 Å². The van der Waals surface area contributed by atoms with E-state index in [1.165, 1.54) is 17.7 Å². The molecule has 2 heterocycles. The fourth-order valence-corrected chi connectivity index (χ4v) is 3.94. The molecule has 0 bridgehead atoms. The molecule has 31 heavy (non-hydrogen) atoms. The third kappa shape index (κ3) is 5.66. The Morgan fingerprint density at radius 2 is 1.77 bits per heavy atom. The first-order chi connectivity index (χ1) is 15.2. The molecule has 6 heteroatoms. The molecule has 1 aliphatic rings. The fourth-order valence-electron chi connectivity index (χ4n) is 3.94. The highest BCUT2D eigenvalue weighted by Crippen LogP contribution is 2.23. The summed E-state index contributed by atoms with van der Waals surface area (Å²) in [5.74, 6) is 0.429. The van der Waals surface area contributed by atoms with Crippen molar-refractivity contribution in [3.05, 3.63) is 78.4 Å². The van der Waals surface area contributed by atoms with Crippen molar-refractivity contribution in [1.82, 2.24) is 15.3 Å². The molecular weight excluding hydrogens is 391 g/mol. The Bertz CT molecular complexity index is 977. The number of aryl methyl sites for hydroxylation is 1. The van der Waals surface area contributed by atoms with Gasteiger partial charge in [-0.3, -0.25) is 4.79 Å². The van der Waals surface area contributed by atoms with E-state index in [2.05, 4.69) is 32.3 Å². The number of hydrogen-bond donors (Lipinski definition) is 1. The van der Waals surface area contributed by atoms with Crippen LogP contribution in [0, 0.1) is 11.7 Å². The van der Waals surface area contributed by atoms with E-state index < -0.39 is 0 Å². The minimum Gasteiger partial charge on any atom is -0.356 e. The average Bonchev–Trinajstić information content (AvgIpc) is 2.83. The summed E-state index contributed by atoms with van der Waals surface area (Å²) in [7, 11) is 0. The van der Waals surface area contributed by atoms with Gasteiger partial charge in [0.25, 0.3) is 0 Å². The maximum absolute atomic E-state index is 13.1. The zero-order chi connectivity index (χ0) is 21.5. The first-order valence-electron chi connectivity index (χ1n) is 10.8. The molecule has 3 aromatic rings. The number of hydrogen-bond acceptors (Lipinski definition) is 4. The summed E-state index contributed by atoms with van der Waals surface area (Å²) in [6.07, 6.45) is 7.22. The van der Waals surface area contributed by atoms with E-state index in [0.29, 0.717) is 19.0 Å². The number of rotatable bonds is 7. The molecule has 0 saturated carbocycles. The molecule has 1 aliphatic heterocycles. The van der Waals surface area contributed by atoms with Crippen molar-refractivity contribution in [2.45, 2.75) is 25.7 Å². The monoisotopic (exact) mass is 418 g/mol. The van der Waals surface area contributed by atoms with Crippen LogP contribution < -0.4 is 10.2 Å². The normalized spacial score (nSPS) is 16.2. The molecule has 0 spiro atoms. The molecule has 1 unspecified atom stereocenters. The number of nitrogens with one attached hydrogen (secondary N) is 1. The molecule has 1 amide bonds. The Hall–Kier alpha value is -3.28. The van der Waals surface area contributed by atoms with Crippen LogP contribution in [0.15, 0.2) is 67.0 Å². The number of piperidine rings is 1. The fraction of sp³-hybridized carbons (Fsp3) is 0.320. The van der Waals surface area contributed by atoms with Gasteiger partial charge in [-0.15, -0.1) is 0 Å². The number of anilines is 1. The van der Waals surface area contributed by atoms with Crippen LogP contribution in [0.2, 0.25) is 0 Å². The number of amides is 1. The van der Waals surface area contributed by atoms with Gasteiger partial charge in [-0.1, -0.05) is 42.5 Å². The lowest BCUT2D eigenvalue weighted by Crippen LogP contribution is -2.44. The van der Waals surface area contributed by atoms with Crippen molar-refractivity contribution in [2.24, 2.45) is 5.92 Å². The predicted molar refractivity (Wildman–Crippen MR) is 120 cm³/mol. The van der Waals surface area contributed by atoms with Crippen molar-refractivity contribution in [1.29, 1.82) is 0 Å². The van der Waals surface area contributed by atoms with Crippen molar-refractivity contribution in [3.8, 4) is 11.1 Å². The van der Waals surface area contributed by atoms with E-state index in [0.717, 1.165) is 43.4 Å². The second kappa shape index (κ2) is 10.2. The third-order valence-corrected chi connectivity index (χ3v) is 5.68. The molecule has 1 N–H and O–H groups in total. The summed E-state index contributed by atoms with van der Waals surface area (Å²) in [6, 6.07) is 16.6. The summed E-state index contributed by atoms with van der Waals surface area (Å²) in [6.45, 7) is 2.15. The summed E-state index contributed by atoms with van der Waals surface area (Å²) in [5.41, 5.74) is 3.01. The van der Waals surface area contributed by atoms with Gasteiger partial charge in [0.15, 0.2) is 0 Å². The maximum Gasteiger partial charge on any atom is 0.225 e. The Morgan fingerprint density at radius 1 is 1.03 bits per heavy atom. The largest absolute Gasteiger partial charge is 0.356 e. The van der Waals surface area contributed by atoms with Gasteiger partial charge in [0, 0.05) is 37.6 Å². The molecule has 1 atom stereocenters. The highest BCUT2D eigenvalue weighted by Gasteiger charge is 2.26. The van der Waals surface area contributed by atoms with Crippen molar-refractivity contribution in [3.63, 3.8) is 0 Å². The van der Waals surface area contributed by atoms with E-state index >= 15 is 0 Å². The van der Waals surface area contributed by atoms with Gasteiger partial charge in [0.05, 0.1) is 5.92 Å². The first-order valence-corrected chi connectivity index (χ1v) is 10.8. The van der Waals surface area contributed by atoms with Crippen LogP contribution in [-0.4, -0.2) is 35.5 Å². The van der Waals surface area contributed by atoms with Crippen molar-refractivity contribution < 1.29 is 9.18 Å². The van der Waals surface area contributed by atoms with Gasteiger partial charge in [0.1, 0.15) is 5.82 Å². The SMILES string of the molecule is O=C(NCCCc1ccccc1)C1CCCN(c2ncc(-c3ccc(F)cc3)cn2)C1. The van der Waals surface area contributed by atoms with Gasteiger partial charge in [-0.05, 0) is 48.9 Å². The maximum atomic E-state index is 13.1. The van der Waals surface area contributed by atoms with Gasteiger partial charge in [-0.25, -0.2) is 14.4 Å². The number of nitrogens with zero attached hydrogens (tertiary/aromatic N) is 3. The molecule has 1 aromatic heterocycles. The van der Waals surface area contributed by atoms with Crippen LogP contribution in [0.1, 0.15) is 24.8 Å². The van der Waals surface area contributed by atoms with Gasteiger partial charge in [0.2, 0.25) is 11.9 Å². The van der Waals surface area contributed by atoms with E-state index in [1.807, 2.05) is 18.2 Å². The third-order valence-electron chi connectivity index (χ3n) is 5.68. The standard InChI is InChI=1S/C25H27FN4O/c26-23-12-10-20(11-13-23)22-16-28-25(29-17-22)30-15-5-9-21(18-30)24(31)27-14-4-8-19-6-2-1-3-7-19/h1-3,6-7,10-13,16-17,21H,4-5,8-9,14-15,18H2,(H,27,31).